The Bertz CT molecular complexity index is 285. The maximum Gasteiger partial charge on any atom is 0.447 e. The number of halogens is 10. The molecule has 94 valence electrons. The minimum atomic E-state index is -11.6. The van der Waals surface area contributed by atoms with Gasteiger partial charge in [-0.15, -0.1) is 0 Å². The number of hydrogen-bond acceptors (Lipinski definition) is 0. The van der Waals surface area contributed by atoms with Gasteiger partial charge in [0.2, 0.25) is 0 Å². The minimum Gasteiger partial charge on any atom is -0.193 e. The highest BCUT2D eigenvalue weighted by Crippen LogP contribution is 3.05. The molecule has 0 N–H and O–H groups in total. The molecule has 0 amide bonds. The van der Waals surface area contributed by atoms with Crippen molar-refractivity contribution in [2.75, 3.05) is 0 Å². The number of allylic oxidation sites excluding steroid dienone is 1. The zero-order valence-corrected chi connectivity index (χ0v) is 9.32. The van der Waals surface area contributed by atoms with Gasteiger partial charge in [-0.1, -0.05) is 42.0 Å². The van der Waals surface area contributed by atoms with Crippen LogP contribution in [0.4, 0.5) is 37.0 Å². The topological polar surface area (TPSA) is 0 Å². The lowest BCUT2D eigenvalue weighted by Gasteiger charge is -2.47. The summed E-state index contributed by atoms with van der Waals surface area (Å²) in [7, 11) is -11.6. The second kappa shape index (κ2) is 2.90. The summed E-state index contributed by atoms with van der Waals surface area (Å²) in [4.78, 5) is 0. The summed E-state index contributed by atoms with van der Waals surface area (Å²) in [5.74, 6) is -5.99. The SMILES string of the molecule is FC(F)(/C=C/I)C(F)(F)S(F)(F)(F)(F)F. The van der Waals surface area contributed by atoms with Gasteiger partial charge in [0.15, 0.2) is 0 Å². The fourth-order valence-corrected chi connectivity index (χ4v) is 1.47. The molecule has 0 spiro atoms. The molecule has 0 aliphatic heterocycles. The van der Waals surface area contributed by atoms with Crippen molar-refractivity contribution in [1.82, 2.24) is 0 Å². The number of alkyl halides is 4. The molecule has 11 heteroatoms. The van der Waals surface area contributed by atoms with E-state index in [2.05, 4.69) is 0 Å². The zero-order chi connectivity index (χ0) is 12.8. The quantitative estimate of drug-likeness (QED) is 0.451. The van der Waals surface area contributed by atoms with Crippen LogP contribution in [0.5, 0.6) is 0 Å². The first kappa shape index (κ1) is 15.2. The molecular weight excluding hydrogens is 378 g/mol. The Balaban J connectivity index is 5.76. The fraction of sp³-hybridized carbons (Fsp3) is 0.500. The average Bonchev–Trinajstić information content (AvgIpc) is 1.80. The molecule has 0 aliphatic rings. The molecule has 0 nitrogen and oxygen atoms in total. The highest BCUT2D eigenvalue weighted by Gasteiger charge is 2.90. The normalized spacial score (nSPS) is 20.1. The van der Waals surface area contributed by atoms with Crippen molar-refractivity contribution in [1.29, 1.82) is 0 Å². The van der Waals surface area contributed by atoms with Crippen molar-refractivity contribution in [3.8, 4) is 0 Å². The Morgan fingerprint density at radius 3 is 1.40 bits per heavy atom. The fourth-order valence-electron chi connectivity index (χ4n) is 0.433. The van der Waals surface area contributed by atoms with Gasteiger partial charge in [-0.05, 0) is 10.2 Å². The highest BCUT2D eigenvalue weighted by atomic mass is 127. The third-order valence-electron chi connectivity index (χ3n) is 1.14. The summed E-state index contributed by atoms with van der Waals surface area (Å²) in [6.45, 7) is 0. The summed E-state index contributed by atoms with van der Waals surface area (Å²) in [5, 5.41) is -7.38. The number of hydrogen-bond donors (Lipinski definition) is 0. The van der Waals surface area contributed by atoms with Crippen molar-refractivity contribution in [2.24, 2.45) is 0 Å². The van der Waals surface area contributed by atoms with Crippen molar-refractivity contribution in [2.45, 2.75) is 11.2 Å². The first-order valence-corrected chi connectivity index (χ1v) is 6.02. The van der Waals surface area contributed by atoms with Gasteiger partial charge in [-0.2, -0.15) is 17.6 Å². The maximum absolute atomic E-state index is 12.2. The minimum absolute atomic E-state index is 0.0924. The number of rotatable bonds is 3. The molecule has 15 heavy (non-hydrogen) atoms. The van der Waals surface area contributed by atoms with Crippen LogP contribution in [0.2, 0.25) is 0 Å². The summed E-state index contributed by atoms with van der Waals surface area (Å²) in [5.41, 5.74) is 0. The van der Waals surface area contributed by atoms with E-state index in [-0.39, 0.29) is 4.08 Å². The monoisotopic (exact) mass is 380 g/mol. The van der Waals surface area contributed by atoms with E-state index in [4.69, 9.17) is 0 Å². The van der Waals surface area contributed by atoms with Crippen LogP contribution in [0.1, 0.15) is 0 Å². The molecule has 0 saturated carbocycles. The Morgan fingerprint density at radius 1 is 0.867 bits per heavy atom. The van der Waals surface area contributed by atoms with Crippen LogP contribution in [-0.2, 0) is 0 Å². The summed E-state index contributed by atoms with van der Waals surface area (Å²) < 4.78 is 106. The van der Waals surface area contributed by atoms with Crippen LogP contribution in [-0.4, -0.2) is 11.2 Å². The molecule has 0 aromatic heterocycles. The Hall–Kier alpha value is 0.190. The van der Waals surface area contributed by atoms with Crippen molar-refractivity contribution in [3.05, 3.63) is 10.2 Å². The molecule has 0 unspecified atom stereocenters. The molecule has 0 rings (SSSR count). The Kier molecular flexibility index (Phi) is 2.93. The largest absolute Gasteiger partial charge is 0.447 e. The van der Waals surface area contributed by atoms with Gasteiger partial charge < -0.3 is 0 Å². The first-order chi connectivity index (χ1) is 6.06. The van der Waals surface area contributed by atoms with E-state index in [1.54, 1.807) is 0 Å². The van der Waals surface area contributed by atoms with Gasteiger partial charge in [-0.3, -0.25) is 0 Å². The van der Waals surface area contributed by atoms with Gasteiger partial charge >= 0.3 is 21.4 Å². The van der Waals surface area contributed by atoms with E-state index in [1.807, 2.05) is 0 Å². The lowest BCUT2D eigenvalue weighted by molar-refractivity contribution is -0.142. The summed E-state index contributed by atoms with van der Waals surface area (Å²) in [6, 6.07) is 0. The highest BCUT2D eigenvalue weighted by molar-refractivity contribution is 14.1. The Morgan fingerprint density at radius 2 is 1.20 bits per heavy atom. The molecule has 0 atom stereocenters. The Labute approximate surface area is 91.4 Å². The molecule has 0 aromatic rings. The molecule has 0 bridgehead atoms. The van der Waals surface area contributed by atoms with Crippen LogP contribution in [0, 0.1) is 0 Å². The first-order valence-electron chi connectivity index (χ1n) is 2.82. The van der Waals surface area contributed by atoms with Crippen LogP contribution < -0.4 is 0 Å². The second-order valence-corrected chi connectivity index (χ2v) is 5.57. The van der Waals surface area contributed by atoms with Crippen molar-refractivity contribution >= 4 is 32.8 Å². The third kappa shape index (κ3) is 2.65. The summed E-state index contributed by atoms with van der Waals surface area (Å²) >= 11 is 0.897. The van der Waals surface area contributed by atoms with Crippen LogP contribution in [0.15, 0.2) is 10.2 Å². The lowest BCUT2D eigenvalue weighted by Crippen LogP contribution is -2.47. The molecule has 0 aliphatic carbocycles. The summed E-state index contributed by atoms with van der Waals surface area (Å²) in [6.07, 6.45) is -0.939. The van der Waals surface area contributed by atoms with E-state index in [1.165, 1.54) is 0 Å². The second-order valence-electron chi connectivity index (χ2n) is 2.40. The molecular formula is C4H2F9IS. The molecule has 0 aromatic carbocycles. The molecule has 0 heterocycles. The van der Waals surface area contributed by atoms with Gasteiger partial charge in [-0.25, -0.2) is 0 Å². The lowest BCUT2D eigenvalue weighted by atomic mass is 10.3. The van der Waals surface area contributed by atoms with E-state index in [0.717, 1.165) is 22.6 Å². The average molecular weight is 380 g/mol. The van der Waals surface area contributed by atoms with Gasteiger partial charge in [0.25, 0.3) is 0 Å². The maximum atomic E-state index is 12.2. The molecule has 0 radical (unpaired) electrons. The standard InChI is InChI=1S/C4H2F9IS/c5-3(6,1-2-14)4(7,8)15(9,10,11,12)13/h1-2H/b2-1+. The zero-order valence-electron chi connectivity index (χ0n) is 6.34. The van der Waals surface area contributed by atoms with Gasteiger partial charge in [0, 0.05) is 0 Å². The van der Waals surface area contributed by atoms with Crippen LogP contribution in [0.3, 0.4) is 0 Å². The molecule has 0 saturated heterocycles. The van der Waals surface area contributed by atoms with Gasteiger partial charge in [0.05, 0.1) is 0 Å². The third-order valence-corrected chi connectivity index (χ3v) is 2.75. The van der Waals surface area contributed by atoms with Crippen molar-refractivity contribution < 1.29 is 37.0 Å². The van der Waals surface area contributed by atoms with E-state index >= 15 is 0 Å². The van der Waals surface area contributed by atoms with Crippen molar-refractivity contribution in [3.63, 3.8) is 0 Å². The van der Waals surface area contributed by atoms with Crippen LogP contribution >= 0.6 is 32.8 Å². The predicted molar refractivity (Wildman–Crippen MR) is 46.2 cm³/mol. The molecule has 0 fully saturated rings. The van der Waals surface area contributed by atoms with Gasteiger partial charge in [0.1, 0.15) is 0 Å². The predicted octanol–water partition coefficient (Wildman–Crippen LogP) is 5.46. The smallest absolute Gasteiger partial charge is 0.193 e. The van der Waals surface area contributed by atoms with E-state index in [9.17, 15) is 37.0 Å². The van der Waals surface area contributed by atoms with E-state index in [0.29, 0.717) is 0 Å². The van der Waals surface area contributed by atoms with Crippen LogP contribution in [0.25, 0.3) is 0 Å². The van der Waals surface area contributed by atoms with E-state index < -0.39 is 27.5 Å².